The molecule has 0 radical (unpaired) electrons. The average molecular weight is 330 g/mol. The number of carbonyl (C=O) groups is 1. The SMILES string of the molecule is C[C@@H]1c2ncc(CNC(=O)C3CC3)n2CCN1Cc1ccsc1. The Morgan fingerprint density at radius 3 is 3.04 bits per heavy atom. The van der Waals surface area contributed by atoms with Crippen molar-refractivity contribution in [3.63, 3.8) is 0 Å². The molecule has 0 bridgehead atoms. The van der Waals surface area contributed by atoms with Crippen molar-refractivity contribution in [3.8, 4) is 0 Å². The standard InChI is InChI=1S/C17H22N4OS/c1-12-16-18-8-15(9-19-17(22)14-2-3-14)21(16)6-5-20(12)10-13-4-7-23-11-13/h4,7-8,11-12,14H,2-3,5-6,9-10H2,1H3,(H,19,22)/t12-/m1/s1. The molecule has 1 atom stereocenters. The van der Waals surface area contributed by atoms with E-state index in [2.05, 4.69) is 43.5 Å². The van der Waals surface area contributed by atoms with Crippen LogP contribution in [0.15, 0.2) is 23.0 Å². The zero-order valence-electron chi connectivity index (χ0n) is 13.4. The minimum absolute atomic E-state index is 0.198. The molecule has 0 saturated heterocycles. The lowest BCUT2D eigenvalue weighted by Crippen LogP contribution is -2.37. The van der Waals surface area contributed by atoms with Crippen LogP contribution in [0.1, 0.15) is 42.9 Å². The van der Waals surface area contributed by atoms with Gasteiger partial charge in [0.05, 0.1) is 24.5 Å². The van der Waals surface area contributed by atoms with Gasteiger partial charge in [0.1, 0.15) is 5.82 Å². The number of imidazole rings is 1. The molecule has 5 nitrogen and oxygen atoms in total. The van der Waals surface area contributed by atoms with Crippen molar-refractivity contribution in [1.29, 1.82) is 0 Å². The largest absolute Gasteiger partial charge is 0.350 e. The molecule has 1 saturated carbocycles. The number of nitrogens with one attached hydrogen (secondary N) is 1. The highest BCUT2D eigenvalue weighted by atomic mass is 32.1. The van der Waals surface area contributed by atoms with Gasteiger partial charge in [-0.1, -0.05) is 0 Å². The van der Waals surface area contributed by atoms with Gasteiger partial charge in [0.2, 0.25) is 5.91 Å². The first-order chi connectivity index (χ1) is 11.2. The minimum Gasteiger partial charge on any atom is -0.350 e. The van der Waals surface area contributed by atoms with Gasteiger partial charge >= 0.3 is 0 Å². The summed E-state index contributed by atoms with van der Waals surface area (Å²) >= 11 is 1.75. The molecule has 1 aliphatic carbocycles. The maximum atomic E-state index is 11.8. The normalized spacial score (nSPS) is 21.2. The van der Waals surface area contributed by atoms with Gasteiger partial charge < -0.3 is 9.88 Å². The molecule has 122 valence electrons. The molecule has 0 aromatic carbocycles. The minimum atomic E-state index is 0.198. The number of carbonyl (C=O) groups excluding carboxylic acids is 1. The first kappa shape index (κ1) is 14.9. The molecule has 2 aromatic heterocycles. The molecule has 4 rings (SSSR count). The average Bonchev–Trinajstić information content (AvgIpc) is 3.13. The van der Waals surface area contributed by atoms with E-state index in [1.165, 1.54) is 5.56 Å². The highest BCUT2D eigenvalue weighted by Gasteiger charge is 2.30. The Bertz CT molecular complexity index is 690. The van der Waals surface area contributed by atoms with Crippen molar-refractivity contribution in [3.05, 3.63) is 40.1 Å². The number of hydrogen-bond acceptors (Lipinski definition) is 4. The monoisotopic (exact) mass is 330 g/mol. The molecule has 3 heterocycles. The number of fused-ring (bicyclic) bond motifs is 1. The molecule has 1 amide bonds. The van der Waals surface area contributed by atoms with E-state index in [0.29, 0.717) is 12.6 Å². The van der Waals surface area contributed by atoms with Gasteiger partial charge in [-0.05, 0) is 42.2 Å². The van der Waals surface area contributed by atoms with Crippen molar-refractivity contribution < 1.29 is 4.79 Å². The lowest BCUT2D eigenvalue weighted by Gasteiger charge is -2.34. The lowest BCUT2D eigenvalue weighted by molar-refractivity contribution is -0.122. The molecule has 23 heavy (non-hydrogen) atoms. The number of hydrogen-bond donors (Lipinski definition) is 1. The molecule has 0 unspecified atom stereocenters. The van der Waals surface area contributed by atoms with Gasteiger partial charge in [-0.3, -0.25) is 9.69 Å². The van der Waals surface area contributed by atoms with E-state index in [4.69, 9.17) is 0 Å². The van der Waals surface area contributed by atoms with Crippen LogP contribution in [0.3, 0.4) is 0 Å². The van der Waals surface area contributed by atoms with Crippen molar-refractivity contribution in [2.75, 3.05) is 6.54 Å². The third-order valence-electron chi connectivity index (χ3n) is 4.86. The fraction of sp³-hybridized carbons (Fsp3) is 0.529. The molecule has 2 aromatic rings. The molecule has 1 fully saturated rings. The summed E-state index contributed by atoms with van der Waals surface area (Å²) in [4.78, 5) is 18.9. The summed E-state index contributed by atoms with van der Waals surface area (Å²) in [6.45, 7) is 5.75. The Kier molecular flexibility index (Phi) is 3.95. The summed E-state index contributed by atoms with van der Waals surface area (Å²) in [6.07, 6.45) is 4.02. The summed E-state index contributed by atoms with van der Waals surface area (Å²) in [7, 11) is 0. The number of thiophene rings is 1. The smallest absolute Gasteiger partial charge is 0.223 e. The summed E-state index contributed by atoms with van der Waals surface area (Å²) in [5, 5.41) is 7.39. The predicted molar refractivity (Wildman–Crippen MR) is 89.9 cm³/mol. The van der Waals surface area contributed by atoms with Gasteiger partial charge in [0.15, 0.2) is 0 Å². The Balaban J connectivity index is 1.43. The Hall–Kier alpha value is -1.66. The van der Waals surface area contributed by atoms with Crippen LogP contribution < -0.4 is 5.32 Å². The third kappa shape index (κ3) is 3.05. The zero-order valence-corrected chi connectivity index (χ0v) is 14.2. The van der Waals surface area contributed by atoms with Gasteiger partial charge in [0.25, 0.3) is 0 Å². The topological polar surface area (TPSA) is 50.2 Å². The number of amides is 1. The van der Waals surface area contributed by atoms with Crippen LogP contribution in [0, 0.1) is 5.92 Å². The van der Waals surface area contributed by atoms with E-state index in [1.807, 2.05) is 6.20 Å². The Morgan fingerprint density at radius 2 is 2.30 bits per heavy atom. The van der Waals surface area contributed by atoms with E-state index < -0.39 is 0 Å². The van der Waals surface area contributed by atoms with Crippen LogP contribution in [-0.2, 0) is 24.4 Å². The molecule has 6 heteroatoms. The second kappa shape index (κ2) is 6.09. The van der Waals surface area contributed by atoms with E-state index in [-0.39, 0.29) is 11.8 Å². The molecule has 1 aliphatic heterocycles. The van der Waals surface area contributed by atoms with E-state index in [1.54, 1.807) is 11.3 Å². The predicted octanol–water partition coefficient (Wildman–Crippen LogP) is 2.55. The van der Waals surface area contributed by atoms with Gasteiger partial charge in [0, 0.05) is 25.6 Å². The molecule has 2 aliphatic rings. The van der Waals surface area contributed by atoms with E-state index in [9.17, 15) is 4.79 Å². The second-order valence-corrected chi connectivity index (χ2v) is 7.31. The zero-order chi connectivity index (χ0) is 15.8. The van der Waals surface area contributed by atoms with Gasteiger partial charge in [-0.2, -0.15) is 11.3 Å². The van der Waals surface area contributed by atoms with Crippen LogP contribution in [-0.4, -0.2) is 26.9 Å². The Morgan fingerprint density at radius 1 is 1.43 bits per heavy atom. The van der Waals surface area contributed by atoms with E-state index >= 15 is 0 Å². The summed E-state index contributed by atoms with van der Waals surface area (Å²) < 4.78 is 2.28. The highest BCUT2D eigenvalue weighted by molar-refractivity contribution is 7.07. The Labute approximate surface area is 140 Å². The summed E-state index contributed by atoms with van der Waals surface area (Å²) in [5.41, 5.74) is 2.50. The van der Waals surface area contributed by atoms with Gasteiger partial charge in [-0.25, -0.2) is 4.98 Å². The van der Waals surface area contributed by atoms with Crippen LogP contribution in [0.2, 0.25) is 0 Å². The van der Waals surface area contributed by atoms with Crippen LogP contribution in [0.25, 0.3) is 0 Å². The molecule has 1 N–H and O–H groups in total. The fourth-order valence-electron chi connectivity index (χ4n) is 3.25. The van der Waals surface area contributed by atoms with Crippen molar-refractivity contribution >= 4 is 17.2 Å². The van der Waals surface area contributed by atoms with Crippen LogP contribution in [0.5, 0.6) is 0 Å². The molecular formula is C17H22N4OS. The maximum Gasteiger partial charge on any atom is 0.223 e. The van der Waals surface area contributed by atoms with Gasteiger partial charge in [-0.15, -0.1) is 0 Å². The molecule has 0 spiro atoms. The number of rotatable bonds is 5. The number of nitrogens with zero attached hydrogens (tertiary/aromatic N) is 3. The summed E-state index contributed by atoms with van der Waals surface area (Å²) in [5.74, 6) is 1.57. The van der Waals surface area contributed by atoms with Crippen molar-refractivity contribution in [2.45, 2.75) is 45.4 Å². The molecular weight excluding hydrogens is 308 g/mol. The first-order valence-corrected chi connectivity index (χ1v) is 9.24. The maximum absolute atomic E-state index is 11.8. The first-order valence-electron chi connectivity index (χ1n) is 8.29. The second-order valence-electron chi connectivity index (χ2n) is 6.53. The summed E-state index contributed by atoms with van der Waals surface area (Å²) in [6, 6.07) is 2.49. The number of aromatic nitrogens is 2. The third-order valence-corrected chi connectivity index (χ3v) is 5.59. The quantitative estimate of drug-likeness (QED) is 0.916. The van der Waals surface area contributed by atoms with E-state index in [0.717, 1.165) is 44.0 Å². The van der Waals surface area contributed by atoms with Crippen LogP contribution in [0.4, 0.5) is 0 Å². The van der Waals surface area contributed by atoms with Crippen LogP contribution >= 0.6 is 11.3 Å². The lowest BCUT2D eigenvalue weighted by atomic mass is 10.2. The van der Waals surface area contributed by atoms with Crippen molar-refractivity contribution in [2.24, 2.45) is 5.92 Å². The highest BCUT2D eigenvalue weighted by Crippen LogP contribution is 2.29. The van der Waals surface area contributed by atoms with Crippen molar-refractivity contribution in [1.82, 2.24) is 19.8 Å². The fourth-order valence-corrected chi connectivity index (χ4v) is 3.91.